The van der Waals surface area contributed by atoms with E-state index in [9.17, 15) is 14.4 Å². The lowest BCUT2D eigenvalue weighted by atomic mass is 10.0. The van der Waals surface area contributed by atoms with Crippen LogP contribution in [-0.4, -0.2) is 42.3 Å². The number of alkyl carbamates (subject to hydrolysis) is 1. The van der Waals surface area contributed by atoms with Gasteiger partial charge in [0.1, 0.15) is 11.6 Å². The van der Waals surface area contributed by atoms with E-state index in [4.69, 9.17) is 9.47 Å². The van der Waals surface area contributed by atoms with E-state index < -0.39 is 29.7 Å². The van der Waals surface area contributed by atoms with Crippen LogP contribution in [0.2, 0.25) is 0 Å². The molecule has 0 heterocycles. The molecule has 2 atom stereocenters. The van der Waals surface area contributed by atoms with E-state index in [0.717, 1.165) is 5.56 Å². The Morgan fingerprint density at radius 3 is 2.32 bits per heavy atom. The lowest BCUT2D eigenvalue weighted by Crippen LogP contribution is -2.49. The largest absolute Gasteiger partial charge is 0.463 e. The molecule has 7 nitrogen and oxygen atoms in total. The van der Waals surface area contributed by atoms with E-state index in [1.54, 1.807) is 40.7 Å². The summed E-state index contributed by atoms with van der Waals surface area (Å²) in [7, 11) is 0. The molecule has 0 radical (unpaired) electrons. The van der Waals surface area contributed by atoms with E-state index in [2.05, 4.69) is 10.6 Å². The number of benzene rings is 1. The minimum Gasteiger partial charge on any atom is -0.463 e. The van der Waals surface area contributed by atoms with Crippen molar-refractivity contribution < 1.29 is 23.9 Å². The predicted octanol–water partition coefficient (Wildman–Crippen LogP) is 2.75. The van der Waals surface area contributed by atoms with Crippen LogP contribution >= 0.6 is 0 Å². The van der Waals surface area contributed by atoms with Crippen LogP contribution in [-0.2, 0) is 25.5 Å². The number of hydrogen-bond donors (Lipinski definition) is 2. The van der Waals surface area contributed by atoms with Crippen molar-refractivity contribution in [2.24, 2.45) is 0 Å². The van der Waals surface area contributed by atoms with Crippen LogP contribution in [0.25, 0.3) is 0 Å². The molecule has 1 aromatic carbocycles. The van der Waals surface area contributed by atoms with Crippen molar-refractivity contribution in [2.75, 3.05) is 6.61 Å². The first-order valence-electron chi connectivity index (χ1n) is 9.29. The predicted molar refractivity (Wildman–Crippen MR) is 107 cm³/mol. The highest BCUT2D eigenvalue weighted by atomic mass is 16.6. The van der Waals surface area contributed by atoms with Gasteiger partial charge in [-0.2, -0.15) is 0 Å². The lowest BCUT2D eigenvalue weighted by Gasteiger charge is -2.23. The fourth-order valence-electron chi connectivity index (χ4n) is 2.28. The Morgan fingerprint density at radius 1 is 1.11 bits per heavy atom. The van der Waals surface area contributed by atoms with Gasteiger partial charge in [0.2, 0.25) is 5.91 Å². The van der Waals surface area contributed by atoms with Gasteiger partial charge in [-0.25, -0.2) is 9.59 Å². The van der Waals surface area contributed by atoms with Crippen LogP contribution < -0.4 is 10.6 Å². The quantitative estimate of drug-likeness (QED) is 0.526. The van der Waals surface area contributed by atoms with Crippen molar-refractivity contribution in [3.8, 4) is 0 Å². The van der Waals surface area contributed by atoms with Gasteiger partial charge in [-0.15, -0.1) is 0 Å². The summed E-state index contributed by atoms with van der Waals surface area (Å²) < 4.78 is 10.0. The molecule has 1 rings (SSSR count). The molecule has 28 heavy (non-hydrogen) atoms. The van der Waals surface area contributed by atoms with Gasteiger partial charge in [-0.3, -0.25) is 4.79 Å². The number of hydrogen-bond acceptors (Lipinski definition) is 5. The van der Waals surface area contributed by atoms with Crippen LogP contribution in [0.4, 0.5) is 4.79 Å². The van der Waals surface area contributed by atoms with Crippen molar-refractivity contribution in [3.63, 3.8) is 0 Å². The van der Waals surface area contributed by atoms with Gasteiger partial charge >= 0.3 is 12.1 Å². The second kappa shape index (κ2) is 11.1. The van der Waals surface area contributed by atoms with Crippen molar-refractivity contribution in [1.29, 1.82) is 0 Å². The Labute approximate surface area is 166 Å². The summed E-state index contributed by atoms with van der Waals surface area (Å²) in [6.45, 7) is 8.79. The Balaban J connectivity index is 2.76. The highest BCUT2D eigenvalue weighted by Crippen LogP contribution is 2.07. The molecule has 0 aromatic heterocycles. The molecule has 2 N–H and O–H groups in total. The molecular weight excluding hydrogens is 360 g/mol. The topological polar surface area (TPSA) is 93.7 Å². The molecule has 7 heteroatoms. The third-order valence-corrected chi connectivity index (χ3v) is 3.50. The Kier molecular flexibility index (Phi) is 9.21. The SMILES string of the molecule is CCOC(=O)/C=C/C(Cc1ccccc1)NC(=O)C(C)NC(=O)OC(C)(C)C. The zero-order valence-electron chi connectivity index (χ0n) is 17.2. The molecule has 0 saturated heterocycles. The van der Waals surface area contributed by atoms with Gasteiger partial charge in [-0.1, -0.05) is 36.4 Å². The van der Waals surface area contributed by atoms with Gasteiger partial charge in [0.15, 0.2) is 0 Å². The number of carbonyl (C=O) groups is 3. The van der Waals surface area contributed by atoms with Crippen molar-refractivity contribution >= 4 is 18.0 Å². The smallest absolute Gasteiger partial charge is 0.408 e. The minimum absolute atomic E-state index is 0.274. The molecule has 1 aromatic rings. The summed E-state index contributed by atoms with van der Waals surface area (Å²) in [5.41, 5.74) is 0.340. The molecule has 0 spiro atoms. The summed E-state index contributed by atoms with van der Waals surface area (Å²) in [4.78, 5) is 35.9. The molecule has 2 unspecified atom stereocenters. The summed E-state index contributed by atoms with van der Waals surface area (Å²) in [6.07, 6.45) is 2.70. The first-order chi connectivity index (χ1) is 13.1. The molecular formula is C21H30N2O5. The maximum absolute atomic E-state index is 12.5. The van der Waals surface area contributed by atoms with Gasteiger partial charge in [0, 0.05) is 6.08 Å². The maximum Gasteiger partial charge on any atom is 0.408 e. The molecule has 0 aliphatic carbocycles. The first kappa shape index (κ1) is 23.2. The van der Waals surface area contributed by atoms with Crippen molar-refractivity contribution in [2.45, 2.75) is 58.7 Å². The highest BCUT2D eigenvalue weighted by Gasteiger charge is 2.22. The maximum atomic E-state index is 12.5. The zero-order chi connectivity index (χ0) is 21.2. The summed E-state index contributed by atoms with van der Waals surface area (Å²) >= 11 is 0. The average Bonchev–Trinajstić information content (AvgIpc) is 2.59. The average molecular weight is 390 g/mol. The summed E-state index contributed by atoms with van der Waals surface area (Å²) in [5, 5.41) is 5.33. The zero-order valence-corrected chi connectivity index (χ0v) is 17.2. The summed E-state index contributed by atoms with van der Waals surface area (Å²) in [5.74, 6) is -0.866. The molecule has 0 saturated carbocycles. The summed E-state index contributed by atoms with van der Waals surface area (Å²) in [6, 6.07) is 8.32. The van der Waals surface area contributed by atoms with E-state index in [1.807, 2.05) is 30.3 Å². The van der Waals surface area contributed by atoms with Gasteiger partial charge < -0.3 is 20.1 Å². The third-order valence-electron chi connectivity index (χ3n) is 3.50. The highest BCUT2D eigenvalue weighted by molar-refractivity contribution is 5.86. The fraction of sp³-hybridized carbons (Fsp3) is 0.476. The second-order valence-corrected chi connectivity index (χ2v) is 7.28. The van der Waals surface area contributed by atoms with Gasteiger partial charge in [0.25, 0.3) is 0 Å². The monoisotopic (exact) mass is 390 g/mol. The fourth-order valence-corrected chi connectivity index (χ4v) is 2.28. The van der Waals surface area contributed by atoms with E-state index in [-0.39, 0.29) is 12.5 Å². The number of nitrogens with one attached hydrogen (secondary N) is 2. The molecule has 0 aliphatic heterocycles. The Hall–Kier alpha value is -2.83. The third kappa shape index (κ3) is 9.75. The second-order valence-electron chi connectivity index (χ2n) is 7.28. The number of rotatable bonds is 8. The normalized spacial score (nSPS) is 13.5. The van der Waals surface area contributed by atoms with Crippen LogP contribution in [0.15, 0.2) is 42.5 Å². The number of esters is 1. The van der Waals surface area contributed by atoms with E-state index >= 15 is 0 Å². The number of carbonyl (C=O) groups excluding carboxylic acids is 3. The molecule has 0 bridgehead atoms. The molecule has 2 amide bonds. The van der Waals surface area contributed by atoms with E-state index in [1.165, 1.54) is 6.08 Å². The molecule has 154 valence electrons. The van der Waals surface area contributed by atoms with Gasteiger partial charge in [0.05, 0.1) is 12.6 Å². The number of amides is 2. The standard InChI is InChI=1S/C21H30N2O5/c1-6-27-18(24)13-12-17(14-16-10-8-7-9-11-16)23-19(25)15(2)22-20(26)28-21(3,4)5/h7-13,15,17H,6,14H2,1-5H3,(H,22,26)(H,23,25)/b13-12+. The molecule has 0 aliphatic rings. The van der Waals surface area contributed by atoms with Crippen LogP contribution in [0.3, 0.4) is 0 Å². The lowest BCUT2D eigenvalue weighted by molar-refractivity contribution is -0.137. The van der Waals surface area contributed by atoms with Crippen molar-refractivity contribution in [1.82, 2.24) is 10.6 Å². The Bertz CT molecular complexity index is 680. The minimum atomic E-state index is -0.802. The number of ether oxygens (including phenoxy) is 2. The Morgan fingerprint density at radius 2 is 1.75 bits per heavy atom. The molecule has 0 fully saturated rings. The first-order valence-corrected chi connectivity index (χ1v) is 9.29. The van der Waals surface area contributed by atoms with E-state index in [0.29, 0.717) is 6.42 Å². The van der Waals surface area contributed by atoms with Gasteiger partial charge in [-0.05, 0) is 46.6 Å². The van der Waals surface area contributed by atoms with Crippen LogP contribution in [0, 0.1) is 0 Å². The van der Waals surface area contributed by atoms with Crippen molar-refractivity contribution in [3.05, 3.63) is 48.0 Å². The van der Waals surface area contributed by atoms with Crippen LogP contribution in [0.1, 0.15) is 40.2 Å². The van der Waals surface area contributed by atoms with Crippen LogP contribution in [0.5, 0.6) is 0 Å².